The van der Waals surface area contributed by atoms with Crippen molar-refractivity contribution in [1.82, 2.24) is 10.9 Å². The molecule has 170 valence electrons. The third kappa shape index (κ3) is 4.21. The molecule has 2 aromatic rings. The number of esters is 1. The lowest BCUT2D eigenvalue weighted by atomic mass is 9.73. The number of benzene rings is 2. The minimum Gasteiger partial charge on any atom is -0.493 e. The number of ether oxygens (including phenoxy) is 2. The normalized spacial score (nSPS) is 20.5. The van der Waals surface area contributed by atoms with E-state index in [0.29, 0.717) is 28.3 Å². The number of aryl methyl sites for hydroxylation is 1. The molecule has 2 amide bonds. The first-order valence-electron chi connectivity index (χ1n) is 10.4. The Bertz CT molecular complexity index is 1150. The van der Waals surface area contributed by atoms with E-state index in [1.54, 1.807) is 44.2 Å². The minimum atomic E-state index is -0.658. The summed E-state index contributed by atoms with van der Waals surface area (Å²) in [4.78, 5) is 37.8. The lowest BCUT2D eigenvalue weighted by Gasteiger charge is -2.27. The molecule has 9 heteroatoms. The zero-order valence-corrected chi connectivity index (χ0v) is 18.7. The van der Waals surface area contributed by atoms with Crippen LogP contribution in [0.3, 0.4) is 0 Å². The Kier molecular flexibility index (Phi) is 5.95. The van der Waals surface area contributed by atoms with Crippen LogP contribution < -0.4 is 20.3 Å². The number of amides is 2. The Balaban J connectivity index is 1.70. The van der Waals surface area contributed by atoms with E-state index in [4.69, 9.17) is 9.47 Å². The number of hydrogen-bond acceptors (Lipinski definition) is 7. The van der Waals surface area contributed by atoms with E-state index in [9.17, 15) is 14.4 Å². The largest absolute Gasteiger partial charge is 0.493 e. The van der Waals surface area contributed by atoms with Crippen LogP contribution in [0.25, 0.3) is 0 Å². The third-order valence-corrected chi connectivity index (χ3v) is 5.93. The van der Waals surface area contributed by atoms with Crippen molar-refractivity contribution in [2.24, 2.45) is 22.0 Å². The highest BCUT2D eigenvalue weighted by Gasteiger charge is 2.46. The average molecular weight is 448 g/mol. The summed E-state index contributed by atoms with van der Waals surface area (Å²) in [6, 6.07) is 12.0. The van der Waals surface area contributed by atoms with Gasteiger partial charge in [-0.2, -0.15) is 10.2 Å². The van der Waals surface area contributed by atoms with E-state index >= 15 is 0 Å². The molecular formula is C24H24N4O5. The van der Waals surface area contributed by atoms with Gasteiger partial charge < -0.3 is 9.47 Å². The monoisotopic (exact) mass is 448 g/mol. The zero-order valence-electron chi connectivity index (χ0n) is 18.7. The number of carbonyl (C=O) groups is 3. The summed E-state index contributed by atoms with van der Waals surface area (Å²) in [6.45, 7) is 5.41. The lowest BCUT2D eigenvalue weighted by Crippen LogP contribution is -2.38. The maximum Gasteiger partial charge on any atom is 0.343 e. The van der Waals surface area contributed by atoms with Crippen LogP contribution in [-0.2, 0) is 9.59 Å². The van der Waals surface area contributed by atoms with Gasteiger partial charge in [0.2, 0.25) is 11.8 Å². The molecule has 0 saturated heterocycles. The predicted octanol–water partition coefficient (Wildman–Crippen LogP) is 2.55. The van der Waals surface area contributed by atoms with Crippen LogP contribution in [0.15, 0.2) is 52.7 Å². The fraction of sp³-hybridized carbons (Fsp3) is 0.292. The number of methoxy groups -OCH3 is 1. The summed E-state index contributed by atoms with van der Waals surface area (Å²) in [5.74, 6) is -2.46. The summed E-state index contributed by atoms with van der Waals surface area (Å²) >= 11 is 0. The van der Waals surface area contributed by atoms with Gasteiger partial charge in [-0.05, 0) is 50.6 Å². The molecule has 0 aliphatic carbocycles. The summed E-state index contributed by atoms with van der Waals surface area (Å²) in [7, 11) is 1.46. The summed E-state index contributed by atoms with van der Waals surface area (Å²) in [5.41, 5.74) is 8.23. The van der Waals surface area contributed by atoms with Gasteiger partial charge in [-0.15, -0.1) is 0 Å². The first-order chi connectivity index (χ1) is 15.8. The summed E-state index contributed by atoms with van der Waals surface area (Å²) < 4.78 is 11.0. The SMILES string of the molecule is COc1cc(C(C2C(=O)NN=C2C)C2C(=O)NN=C2C)ccc1OC(=O)c1ccc(C)cc1. The van der Waals surface area contributed by atoms with Gasteiger partial charge in [0.25, 0.3) is 0 Å². The van der Waals surface area contributed by atoms with Crippen LogP contribution in [0, 0.1) is 18.8 Å². The fourth-order valence-corrected chi connectivity index (χ4v) is 4.19. The van der Waals surface area contributed by atoms with Crippen molar-refractivity contribution in [3.8, 4) is 11.5 Å². The second-order valence-electron chi connectivity index (χ2n) is 8.11. The van der Waals surface area contributed by atoms with Crippen LogP contribution in [0.4, 0.5) is 0 Å². The molecule has 2 aromatic carbocycles. The Morgan fingerprint density at radius 2 is 1.45 bits per heavy atom. The fourth-order valence-electron chi connectivity index (χ4n) is 4.19. The van der Waals surface area contributed by atoms with Crippen molar-refractivity contribution in [3.05, 3.63) is 59.2 Å². The smallest absolute Gasteiger partial charge is 0.343 e. The Hall–Kier alpha value is -4.01. The predicted molar refractivity (Wildman–Crippen MR) is 121 cm³/mol. The van der Waals surface area contributed by atoms with Crippen molar-refractivity contribution in [2.75, 3.05) is 7.11 Å². The molecule has 2 atom stereocenters. The molecule has 9 nitrogen and oxygen atoms in total. The number of rotatable bonds is 6. The van der Waals surface area contributed by atoms with Crippen LogP contribution in [-0.4, -0.2) is 36.3 Å². The molecule has 0 aromatic heterocycles. The number of hydrogen-bond donors (Lipinski definition) is 2. The number of nitrogens with zero attached hydrogens (tertiary/aromatic N) is 2. The van der Waals surface area contributed by atoms with E-state index in [0.717, 1.165) is 5.56 Å². The van der Waals surface area contributed by atoms with Crippen molar-refractivity contribution in [3.63, 3.8) is 0 Å². The van der Waals surface area contributed by atoms with E-state index in [-0.39, 0.29) is 17.6 Å². The standard InChI is InChI=1S/C24H24N4O5/c1-12-5-7-15(8-6-12)24(31)33-17-10-9-16(11-18(17)32-4)21(19-13(2)25-27-22(19)29)20-14(3)26-28-23(20)30/h5-11,19-21H,1-4H3,(H,27,29)(H,28,30). The molecule has 0 radical (unpaired) electrons. The van der Waals surface area contributed by atoms with Gasteiger partial charge in [-0.25, -0.2) is 15.6 Å². The molecule has 0 spiro atoms. The first kappa shape index (κ1) is 22.2. The maximum atomic E-state index is 12.6. The maximum absolute atomic E-state index is 12.6. The molecule has 0 bridgehead atoms. The highest BCUT2D eigenvalue weighted by atomic mass is 16.6. The first-order valence-corrected chi connectivity index (χ1v) is 10.4. The second-order valence-corrected chi connectivity index (χ2v) is 8.11. The highest BCUT2D eigenvalue weighted by Crippen LogP contribution is 2.41. The van der Waals surface area contributed by atoms with Crippen molar-refractivity contribution >= 4 is 29.2 Å². The number of hydrazone groups is 2. The Labute approximate surface area is 190 Å². The van der Waals surface area contributed by atoms with Gasteiger partial charge in [0.1, 0.15) is 0 Å². The van der Waals surface area contributed by atoms with Gasteiger partial charge in [0.05, 0.1) is 24.5 Å². The van der Waals surface area contributed by atoms with Gasteiger partial charge in [-0.3, -0.25) is 9.59 Å². The summed E-state index contributed by atoms with van der Waals surface area (Å²) in [6.07, 6.45) is 0. The molecule has 2 heterocycles. The molecule has 2 aliphatic rings. The number of nitrogens with one attached hydrogen (secondary N) is 2. The van der Waals surface area contributed by atoms with Gasteiger partial charge in [0, 0.05) is 17.3 Å². The minimum absolute atomic E-state index is 0.230. The molecule has 33 heavy (non-hydrogen) atoms. The zero-order chi connectivity index (χ0) is 23.7. The topological polar surface area (TPSA) is 118 Å². The van der Waals surface area contributed by atoms with E-state index in [1.165, 1.54) is 7.11 Å². The molecular weight excluding hydrogens is 424 g/mol. The van der Waals surface area contributed by atoms with Gasteiger partial charge >= 0.3 is 5.97 Å². The van der Waals surface area contributed by atoms with Crippen molar-refractivity contribution < 1.29 is 23.9 Å². The van der Waals surface area contributed by atoms with Crippen molar-refractivity contribution in [2.45, 2.75) is 26.7 Å². The van der Waals surface area contributed by atoms with E-state index in [2.05, 4.69) is 21.1 Å². The third-order valence-electron chi connectivity index (χ3n) is 5.93. The van der Waals surface area contributed by atoms with Crippen LogP contribution in [0.2, 0.25) is 0 Å². The van der Waals surface area contributed by atoms with E-state index < -0.39 is 23.7 Å². The molecule has 2 aliphatic heterocycles. The molecule has 0 fully saturated rings. The molecule has 2 unspecified atom stereocenters. The molecule has 4 rings (SSSR count). The Morgan fingerprint density at radius 3 is 1.94 bits per heavy atom. The van der Waals surface area contributed by atoms with Gasteiger partial charge in [0.15, 0.2) is 11.5 Å². The summed E-state index contributed by atoms with van der Waals surface area (Å²) in [5, 5.41) is 8.10. The van der Waals surface area contributed by atoms with Crippen LogP contribution in [0.1, 0.15) is 41.3 Å². The van der Waals surface area contributed by atoms with E-state index in [1.807, 2.05) is 19.1 Å². The Morgan fingerprint density at radius 1 is 0.879 bits per heavy atom. The quantitative estimate of drug-likeness (QED) is 0.520. The molecule has 0 saturated carbocycles. The highest BCUT2D eigenvalue weighted by molar-refractivity contribution is 6.12. The van der Waals surface area contributed by atoms with Crippen LogP contribution in [0.5, 0.6) is 11.5 Å². The lowest BCUT2D eigenvalue weighted by molar-refractivity contribution is -0.125. The number of carbonyl (C=O) groups excluding carboxylic acids is 3. The average Bonchev–Trinajstić information content (AvgIpc) is 3.31. The van der Waals surface area contributed by atoms with Crippen molar-refractivity contribution in [1.29, 1.82) is 0 Å². The molecule has 2 N–H and O–H groups in total. The van der Waals surface area contributed by atoms with Gasteiger partial charge in [-0.1, -0.05) is 23.8 Å². The second kappa shape index (κ2) is 8.85. The van der Waals surface area contributed by atoms with Crippen LogP contribution >= 0.6 is 0 Å².